The van der Waals surface area contributed by atoms with Crippen LogP contribution in [0.15, 0.2) is 28.8 Å². The van der Waals surface area contributed by atoms with E-state index in [0.29, 0.717) is 33.5 Å². The largest absolute Gasteiger partial charge is 0.395 e. The van der Waals surface area contributed by atoms with Crippen LogP contribution in [0.4, 0.5) is 0 Å². The molecule has 0 saturated carbocycles. The normalized spacial score (nSPS) is 20.8. The average molecular weight is 559 g/mol. The number of aromatic nitrogens is 6. The molecule has 3 atom stereocenters. The van der Waals surface area contributed by atoms with Crippen LogP contribution in [0.3, 0.4) is 0 Å². The summed E-state index contributed by atoms with van der Waals surface area (Å²) in [6, 6.07) is 0. The zero-order chi connectivity index (χ0) is 28.3. The molecule has 3 fully saturated rings. The molecule has 2 aromatic rings. The molecule has 0 spiro atoms. The number of hydrogen-bond donors (Lipinski definition) is 3. The molecule has 3 saturated heterocycles. The molecule has 0 amide bonds. The molecule has 3 aliphatic rings. The summed E-state index contributed by atoms with van der Waals surface area (Å²) in [5.41, 5.74) is -4.44. The second kappa shape index (κ2) is 12.2. The van der Waals surface area contributed by atoms with Gasteiger partial charge < -0.3 is 29.5 Å². The molecule has 0 radical (unpaired) electrons. The summed E-state index contributed by atoms with van der Waals surface area (Å²) in [7, 11) is 0. The monoisotopic (exact) mass is 558 g/mol. The van der Waals surface area contributed by atoms with Gasteiger partial charge in [0.25, 0.3) is 0 Å². The molecule has 3 aliphatic heterocycles. The van der Waals surface area contributed by atoms with Crippen molar-refractivity contribution in [1.29, 1.82) is 0 Å². The Kier molecular flexibility index (Phi) is 8.93. The van der Waals surface area contributed by atoms with Gasteiger partial charge >= 0.3 is 34.1 Å². The van der Waals surface area contributed by atoms with Crippen LogP contribution in [0.2, 0.25) is 0 Å². The second-order valence-corrected chi connectivity index (χ2v) is 9.02. The average Bonchev–Trinajstić information content (AvgIpc) is 3.74. The summed E-state index contributed by atoms with van der Waals surface area (Å²) in [6.07, 6.45) is -0.363. The van der Waals surface area contributed by atoms with Crippen LogP contribution in [0.5, 0.6) is 0 Å². The minimum absolute atomic E-state index is 0.121. The highest BCUT2D eigenvalue weighted by molar-refractivity contribution is 4.86. The summed E-state index contributed by atoms with van der Waals surface area (Å²) >= 11 is 0. The topological polar surface area (TPSA) is 230 Å². The lowest BCUT2D eigenvalue weighted by Crippen LogP contribution is -2.55. The van der Waals surface area contributed by atoms with Gasteiger partial charge in [0.15, 0.2) is 0 Å². The Morgan fingerprint density at radius 3 is 0.846 bits per heavy atom. The van der Waals surface area contributed by atoms with Gasteiger partial charge in [-0.3, -0.25) is 0 Å². The molecule has 39 heavy (non-hydrogen) atoms. The van der Waals surface area contributed by atoms with Gasteiger partial charge in [0, 0.05) is 0 Å². The van der Waals surface area contributed by atoms with Crippen LogP contribution in [-0.2, 0) is 53.5 Å². The SMILES string of the molecule is O=c1n(CC2CO2)c(=O)n(CC2CO2)c(=O)n1CC1CO1.O=c1n(CCO)c(=O)n(CCO)c(=O)n1CCO. The molecule has 3 N–H and O–H groups in total. The molecular formula is C21H30N6O12. The number of aliphatic hydroxyl groups is 3. The van der Waals surface area contributed by atoms with Crippen molar-refractivity contribution in [2.45, 2.75) is 57.6 Å². The lowest BCUT2D eigenvalue weighted by Gasteiger charge is -2.12. The van der Waals surface area contributed by atoms with E-state index < -0.39 is 54.0 Å². The second-order valence-electron chi connectivity index (χ2n) is 9.02. The maximum Gasteiger partial charge on any atom is 0.336 e. The number of epoxide rings is 3. The lowest BCUT2D eigenvalue weighted by atomic mass is 10.4. The molecule has 216 valence electrons. The Labute approximate surface area is 217 Å². The Bertz CT molecular complexity index is 1290. The smallest absolute Gasteiger partial charge is 0.336 e. The fourth-order valence-electron chi connectivity index (χ4n) is 3.84. The summed E-state index contributed by atoms with van der Waals surface area (Å²) in [4.78, 5) is 72.4. The van der Waals surface area contributed by atoms with E-state index >= 15 is 0 Å². The Morgan fingerprint density at radius 2 is 0.667 bits per heavy atom. The van der Waals surface area contributed by atoms with Crippen molar-refractivity contribution in [3.63, 3.8) is 0 Å². The van der Waals surface area contributed by atoms with E-state index in [1.165, 1.54) is 0 Å². The van der Waals surface area contributed by atoms with Crippen LogP contribution in [0, 0.1) is 0 Å². The van der Waals surface area contributed by atoms with Crippen molar-refractivity contribution in [3.8, 4) is 0 Å². The van der Waals surface area contributed by atoms with E-state index in [1.807, 2.05) is 0 Å². The third-order valence-electron chi connectivity index (χ3n) is 6.11. The lowest BCUT2D eigenvalue weighted by molar-refractivity contribution is 0.239. The van der Waals surface area contributed by atoms with Crippen LogP contribution in [0.25, 0.3) is 0 Å². The van der Waals surface area contributed by atoms with Crippen molar-refractivity contribution in [2.24, 2.45) is 0 Å². The fraction of sp³-hybridized carbons (Fsp3) is 0.714. The quantitative estimate of drug-likeness (QED) is 0.207. The first-order chi connectivity index (χ1) is 18.7. The van der Waals surface area contributed by atoms with Crippen molar-refractivity contribution in [1.82, 2.24) is 27.4 Å². The highest BCUT2D eigenvalue weighted by atomic mass is 16.6. The first-order valence-electron chi connectivity index (χ1n) is 12.3. The zero-order valence-corrected chi connectivity index (χ0v) is 20.9. The maximum absolute atomic E-state index is 12.4. The highest BCUT2D eigenvalue weighted by Gasteiger charge is 2.31. The summed E-state index contributed by atoms with van der Waals surface area (Å²) in [5, 5.41) is 26.4. The number of hydrogen-bond acceptors (Lipinski definition) is 12. The first-order valence-corrected chi connectivity index (χ1v) is 12.3. The molecule has 18 nitrogen and oxygen atoms in total. The number of ether oxygens (including phenoxy) is 3. The zero-order valence-electron chi connectivity index (χ0n) is 20.9. The minimum atomic E-state index is -0.887. The van der Waals surface area contributed by atoms with E-state index in [-0.39, 0.29) is 57.6 Å². The van der Waals surface area contributed by atoms with Gasteiger partial charge in [-0.2, -0.15) is 0 Å². The van der Waals surface area contributed by atoms with Crippen LogP contribution >= 0.6 is 0 Å². The van der Waals surface area contributed by atoms with E-state index in [4.69, 9.17) is 29.5 Å². The maximum atomic E-state index is 12.4. The Balaban J connectivity index is 0.000000184. The third-order valence-corrected chi connectivity index (χ3v) is 6.11. The van der Waals surface area contributed by atoms with Gasteiger partial charge in [0.05, 0.1) is 97.2 Å². The number of rotatable bonds is 12. The molecule has 0 bridgehead atoms. The molecule has 2 aromatic heterocycles. The summed E-state index contributed by atoms with van der Waals surface area (Å²) in [6.45, 7) is 0.0353. The Hall–Kier alpha value is -3.42. The van der Waals surface area contributed by atoms with Gasteiger partial charge in [0.1, 0.15) is 0 Å². The fourth-order valence-corrected chi connectivity index (χ4v) is 3.84. The third kappa shape index (κ3) is 6.60. The summed E-state index contributed by atoms with van der Waals surface area (Å²) < 4.78 is 20.5. The number of aliphatic hydroxyl groups excluding tert-OH is 3. The predicted octanol–water partition coefficient (Wildman–Crippen LogP) is -6.48. The van der Waals surface area contributed by atoms with Gasteiger partial charge in [-0.1, -0.05) is 0 Å². The van der Waals surface area contributed by atoms with E-state index in [0.717, 1.165) is 13.7 Å². The Morgan fingerprint density at radius 1 is 0.462 bits per heavy atom. The standard InChI is InChI=1S/C12H15N3O6.C9H15N3O6/c16-10-13(1-7-4-19-7)11(17)15(3-9-6-21-9)12(18)14(10)2-8-5-20-8;13-4-1-10-7(16)11(2-5-14)9(18)12(3-6-15)8(10)17/h7-9H,1-6H2;13-15H,1-6H2. The van der Waals surface area contributed by atoms with Crippen molar-refractivity contribution in [2.75, 3.05) is 39.6 Å². The predicted molar refractivity (Wildman–Crippen MR) is 129 cm³/mol. The molecule has 5 heterocycles. The van der Waals surface area contributed by atoms with Crippen LogP contribution in [-0.4, -0.2) is 101 Å². The summed E-state index contributed by atoms with van der Waals surface area (Å²) in [5.74, 6) is 0. The van der Waals surface area contributed by atoms with Gasteiger partial charge in [-0.15, -0.1) is 0 Å². The van der Waals surface area contributed by atoms with E-state index in [9.17, 15) is 28.8 Å². The molecule has 5 rings (SSSR count). The molecule has 0 aliphatic carbocycles. The molecule has 3 unspecified atom stereocenters. The first kappa shape index (κ1) is 28.6. The van der Waals surface area contributed by atoms with E-state index in [2.05, 4.69) is 0 Å². The molecular weight excluding hydrogens is 528 g/mol. The molecule has 18 heteroatoms. The van der Waals surface area contributed by atoms with Gasteiger partial charge in [0.2, 0.25) is 0 Å². The van der Waals surface area contributed by atoms with E-state index in [1.54, 1.807) is 0 Å². The van der Waals surface area contributed by atoms with Crippen molar-refractivity contribution >= 4 is 0 Å². The van der Waals surface area contributed by atoms with Crippen molar-refractivity contribution in [3.05, 3.63) is 62.9 Å². The van der Waals surface area contributed by atoms with Gasteiger partial charge in [-0.05, 0) is 0 Å². The van der Waals surface area contributed by atoms with Gasteiger partial charge in [-0.25, -0.2) is 56.2 Å². The van der Waals surface area contributed by atoms with Crippen molar-refractivity contribution < 1.29 is 29.5 Å². The van der Waals surface area contributed by atoms with Crippen LogP contribution in [0.1, 0.15) is 0 Å². The highest BCUT2D eigenvalue weighted by Crippen LogP contribution is 2.12. The number of nitrogens with zero attached hydrogens (tertiary/aromatic N) is 6. The van der Waals surface area contributed by atoms with Crippen LogP contribution < -0.4 is 34.1 Å². The minimum Gasteiger partial charge on any atom is -0.395 e. The molecule has 0 aromatic carbocycles.